The molecule has 0 aromatic heterocycles. The lowest BCUT2D eigenvalue weighted by Gasteiger charge is -2.64. The van der Waals surface area contributed by atoms with Crippen molar-refractivity contribution in [1.29, 1.82) is 0 Å². The molecule has 4 N–H and O–H groups in total. The van der Waals surface area contributed by atoms with Crippen molar-refractivity contribution in [2.45, 2.75) is 142 Å². The predicted molar refractivity (Wildman–Crippen MR) is 134 cm³/mol. The zero-order valence-electron chi connectivity index (χ0n) is 23.1. The molecule has 200 valence electrons. The molecule has 0 aromatic carbocycles. The van der Waals surface area contributed by atoms with Crippen LogP contribution in [0.25, 0.3) is 0 Å². The Morgan fingerprint density at radius 3 is 2.09 bits per heavy atom. The molecule has 1 aliphatic heterocycles. The van der Waals surface area contributed by atoms with Gasteiger partial charge in [0, 0.05) is 5.92 Å². The van der Waals surface area contributed by atoms with Crippen LogP contribution in [0.5, 0.6) is 0 Å². The Balaban J connectivity index is 1.37. The molecule has 0 amide bonds. The van der Waals surface area contributed by atoms with Crippen molar-refractivity contribution < 1.29 is 25.2 Å². The number of aliphatic hydroxyl groups is 4. The molecule has 0 radical (unpaired) electrons. The average molecular weight is 491 g/mol. The number of fused-ring (bicyclic) bond motifs is 2. The molecule has 0 unspecified atom stereocenters. The van der Waals surface area contributed by atoms with E-state index in [1.54, 1.807) is 0 Å². The van der Waals surface area contributed by atoms with Gasteiger partial charge in [0.2, 0.25) is 0 Å². The van der Waals surface area contributed by atoms with Crippen LogP contribution in [0, 0.1) is 44.8 Å². The van der Waals surface area contributed by atoms with Gasteiger partial charge in [-0.2, -0.15) is 0 Å². The van der Waals surface area contributed by atoms with E-state index in [-0.39, 0.29) is 51.1 Å². The van der Waals surface area contributed by atoms with E-state index in [1.165, 1.54) is 6.42 Å². The summed E-state index contributed by atoms with van der Waals surface area (Å²) in [4.78, 5) is 0. The van der Waals surface area contributed by atoms with Crippen LogP contribution in [0.3, 0.4) is 0 Å². The summed E-state index contributed by atoms with van der Waals surface area (Å²) < 4.78 is 6.66. The van der Waals surface area contributed by atoms with Crippen LogP contribution in [-0.4, -0.2) is 56.0 Å². The lowest BCUT2D eigenvalue weighted by molar-refractivity contribution is -0.213. The summed E-state index contributed by atoms with van der Waals surface area (Å²) in [5, 5.41) is 45.0. The first-order valence-corrected chi connectivity index (χ1v) is 14.4. The summed E-state index contributed by atoms with van der Waals surface area (Å²) in [7, 11) is 0. The molecule has 0 bridgehead atoms. The predicted octanol–water partition coefficient (Wildman–Crippen LogP) is 4.44. The molecule has 5 aliphatic carbocycles. The number of hydrogen-bond donors (Lipinski definition) is 4. The fourth-order valence-electron chi connectivity index (χ4n) is 12.1. The third kappa shape index (κ3) is 2.78. The largest absolute Gasteiger partial charge is 0.393 e. The van der Waals surface area contributed by atoms with Crippen molar-refractivity contribution in [3.8, 4) is 0 Å². The Morgan fingerprint density at radius 2 is 1.46 bits per heavy atom. The van der Waals surface area contributed by atoms with Crippen LogP contribution in [0.4, 0.5) is 0 Å². The minimum Gasteiger partial charge on any atom is -0.393 e. The second-order valence-corrected chi connectivity index (χ2v) is 15.9. The third-order valence-electron chi connectivity index (χ3n) is 13.8. The van der Waals surface area contributed by atoms with Gasteiger partial charge in [0.1, 0.15) is 0 Å². The highest BCUT2D eigenvalue weighted by Gasteiger charge is 2.84. The molecule has 5 saturated carbocycles. The van der Waals surface area contributed by atoms with Gasteiger partial charge in [0.05, 0.1) is 35.6 Å². The highest BCUT2D eigenvalue weighted by atomic mass is 16.5. The van der Waals surface area contributed by atoms with Crippen molar-refractivity contribution in [3.05, 3.63) is 0 Å². The summed E-state index contributed by atoms with van der Waals surface area (Å²) in [6.07, 6.45) is 7.18. The summed E-state index contributed by atoms with van der Waals surface area (Å²) in [5.41, 5.74) is -1.35. The fourth-order valence-corrected chi connectivity index (χ4v) is 12.1. The molecule has 5 nitrogen and oxygen atoms in total. The summed E-state index contributed by atoms with van der Waals surface area (Å²) in [6, 6.07) is 0. The second-order valence-electron chi connectivity index (χ2n) is 15.9. The van der Waals surface area contributed by atoms with Gasteiger partial charge < -0.3 is 25.2 Å². The van der Waals surface area contributed by atoms with E-state index in [4.69, 9.17) is 4.74 Å². The van der Waals surface area contributed by atoms with Crippen LogP contribution >= 0.6 is 0 Å². The van der Waals surface area contributed by atoms with E-state index in [0.29, 0.717) is 5.92 Å². The standard InChI is InChI=1S/C30H50O5/c1-24(2)20(33)8-11-30-16-29(30)13-12-26(5)23(28(7)10-9-21(35-28)25(3,4)34)18(32)15-27(26,6)19(29)14-17(31)22(24)30/h17-23,31-34H,8-16H2,1-7H3/t17-,18-,19-,20-,21+,22-,23+,26+,27-,28-,29-,30-/m0/s1. The summed E-state index contributed by atoms with van der Waals surface area (Å²) in [5.74, 6) is 0.577. The smallest absolute Gasteiger partial charge is 0.0865 e. The molecule has 6 rings (SSSR count). The first-order chi connectivity index (χ1) is 16.0. The molecular weight excluding hydrogens is 440 g/mol. The maximum atomic E-state index is 11.7. The van der Waals surface area contributed by atoms with Crippen LogP contribution in [0.1, 0.15) is 106 Å². The minimum absolute atomic E-state index is 0.0267. The summed E-state index contributed by atoms with van der Waals surface area (Å²) >= 11 is 0. The van der Waals surface area contributed by atoms with E-state index < -0.39 is 23.4 Å². The van der Waals surface area contributed by atoms with Crippen molar-refractivity contribution >= 4 is 0 Å². The topological polar surface area (TPSA) is 90.2 Å². The van der Waals surface area contributed by atoms with Gasteiger partial charge in [-0.25, -0.2) is 0 Å². The van der Waals surface area contributed by atoms with Crippen molar-refractivity contribution in [2.75, 3.05) is 0 Å². The van der Waals surface area contributed by atoms with Gasteiger partial charge in [0.15, 0.2) is 0 Å². The quantitative estimate of drug-likeness (QED) is 0.460. The Labute approximate surface area is 212 Å². The minimum atomic E-state index is -0.886. The number of ether oxygens (including phenoxy) is 1. The Bertz CT molecular complexity index is 911. The third-order valence-corrected chi connectivity index (χ3v) is 13.8. The van der Waals surface area contributed by atoms with Crippen molar-refractivity contribution in [2.24, 2.45) is 44.8 Å². The van der Waals surface area contributed by atoms with Gasteiger partial charge in [-0.1, -0.05) is 27.7 Å². The number of hydrogen-bond acceptors (Lipinski definition) is 5. The zero-order chi connectivity index (χ0) is 25.6. The van der Waals surface area contributed by atoms with Crippen LogP contribution in [-0.2, 0) is 4.74 Å². The maximum absolute atomic E-state index is 11.7. The first-order valence-electron chi connectivity index (χ1n) is 14.4. The van der Waals surface area contributed by atoms with E-state index in [1.807, 2.05) is 13.8 Å². The highest BCUT2D eigenvalue weighted by Crippen LogP contribution is 2.89. The molecular formula is C30H50O5. The van der Waals surface area contributed by atoms with Crippen LogP contribution < -0.4 is 0 Å². The molecule has 35 heavy (non-hydrogen) atoms. The van der Waals surface area contributed by atoms with E-state index in [9.17, 15) is 20.4 Å². The van der Waals surface area contributed by atoms with Gasteiger partial charge >= 0.3 is 0 Å². The van der Waals surface area contributed by atoms with Gasteiger partial charge in [-0.3, -0.25) is 0 Å². The van der Waals surface area contributed by atoms with E-state index >= 15 is 0 Å². The molecule has 12 atom stereocenters. The zero-order valence-corrected chi connectivity index (χ0v) is 23.1. The monoisotopic (exact) mass is 490 g/mol. The Morgan fingerprint density at radius 1 is 0.771 bits per heavy atom. The molecule has 6 fully saturated rings. The van der Waals surface area contributed by atoms with Gasteiger partial charge in [0.25, 0.3) is 0 Å². The molecule has 0 aromatic rings. The Kier molecular flexibility index (Phi) is 4.92. The van der Waals surface area contributed by atoms with Crippen LogP contribution in [0.2, 0.25) is 0 Å². The van der Waals surface area contributed by atoms with Crippen LogP contribution in [0.15, 0.2) is 0 Å². The lowest BCUT2D eigenvalue weighted by atomic mass is 9.41. The normalized spacial score (nSPS) is 60.9. The van der Waals surface area contributed by atoms with E-state index in [2.05, 4.69) is 34.6 Å². The molecule has 5 heteroatoms. The van der Waals surface area contributed by atoms with Crippen molar-refractivity contribution in [3.63, 3.8) is 0 Å². The first kappa shape index (κ1) is 25.1. The van der Waals surface area contributed by atoms with E-state index in [0.717, 1.165) is 51.4 Å². The molecule has 1 saturated heterocycles. The Hall–Kier alpha value is -0.200. The average Bonchev–Trinajstić information content (AvgIpc) is 3.08. The second kappa shape index (κ2) is 6.86. The lowest BCUT2D eigenvalue weighted by Crippen LogP contribution is -2.62. The van der Waals surface area contributed by atoms with Crippen molar-refractivity contribution in [1.82, 2.24) is 0 Å². The van der Waals surface area contributed by atoms with Gasteiger partial charge in [-0.05, 0) is 117 Å². The van der Waals surface area contributed by atoms with Gasteiger partial charge in [-0.15, -0.1) is 0 Å². The fraction of sp³-hybridized carbons (Fsp3) is 1.00. The molecule has 6 aliphatic rings. The maximum Gasteiger partial charge on any atom is 0.0865 e. The summed E-state index contributed by atoms with van der Waals surface area (Å²) in [6.45, 7) is 15.0. The number of aliphatic hydroxyl groups excluding tert-OH is 3. The molecule has 1 heterocycles. The SMILES string of the molecule is CC(C)(O)[C@H]1CC[C@@](C)([C@@H]2[C@@H](O)C[C@@]3(C)[C@@H]4C[C@H](O)[C@H]5C(C)(C)[C@@H](O)CC[C@]56C[C@@]46CC[C@]23C)O1. The highest BCUT2D eigenvalue weighted by molar-refractivity contribution is 5.33. The number of rotatable bonds is 2. The molecule has 2 spiro atoms.